The first-order valence-corrected chi connectivity index (χ1v) is 5.35. The van der Waals surface area contributed by atoms with Gasteiger partial charge in [0.15, 0.2) is 0 Å². The van der Waals surface area contributed by atoms with Crippen molar-refractivity contribution in [3.63, 3.8) is 0 Å². The van der Waals surface area contributed by atoms with Crippen LogP contribution in [0, 0.1) is 6.92 Å². The molecule has 0 aliphatic rings. The first-order valence-electron chi connectivity index (χ1n) is 4.98. The Morgan fingerprint density at radius 2 is 1.94 bits per heavy atom. The molecule has 0 aliphatic carbocycles. The molecule has 1 heterocycles. The fourth-order valence-corrected chi connectivity index (χ4v) is 1.29. The molecule has 0 spiro atoms. The Hall–Kier alpha value is -0.970. The van der Waals surface area contributed by atoms with Gasteiger partial charge < -0.3 is 5.32 Å². The van der Waals surface area contributed by atoms with Gasteiger partial charge in [-0.15, -0.1) is 0 Å². The van der Waals surface area contributed by atoms with E-state index in [1.165, 1.54) is 0 Å². The molecule has 16 heavy (non-hydrogen) atoms. The lowest BCUT2D eigenvalue weighted by molar-refractivity contribution is 0.163. The number of anilines is 1. The van der Waals surface area contributed by atoms with Crippen LogP contribution in [0.5, 0.6) is 0 Å². The molecule has 0 fully saturated rings. The fourth-order valence-electron chi connectivity index (χ4n) is 1.11. The Morgan fingerprint density at radius 1 is 1.31 bits per heavy atom. The van der Waals surface area contributed by atoms with Gasteiger partial charge in [0.05, 0.1) is 6.54 Å². The highest BCUT2D eigenvalue weighted by atomic mass is 35.5. The van der Waals surface area contributed by atoms with Gasteiger partial charge in [-0.3, -0.25) is 0 Å². The van der Waals surface area contributed by atoms with Gasteiger partial charge in [0.1, 0.15) is 16.8 Å². The van der Waals surface area contributed by atoms with Crippen molar-refractivity contribution in [1.82, 2.24) is 9.97 Å². The lowest BCUT2D eigenvalue weighted by Gasteiger charge is -2.12. The van der Waals surface area contributed by atoms with E-state index in [2.05, 4.69) is 15.3 Å². The lowest BCUT2D eigenvalue weighted by atomic mass is 10.2. The minimum Gasteiger partial charge on any atom is -0.364 e. The third-order valence-electron chi connectivity index (χ3n) is 2.04. The van der Waals surface area contributed by atoms with Crippen molar-refractivity contribution in [3.05, 3.63) is 16.5 Å². The van der Waals surface area contributed by atoms with E-state index < -0.39 is 13.0 Å². The monoisotopic (exact) mass is 249 g/mol. The van der Waals surface area contributed by atoms with Crippen LogP contribution in [0.2, 0.25) is 5.15 Å². The van der Waals surface area contributed by atoms with Crippen LogP contribution in [-0.4, -0.2) is 22.9 Å². The molecular formula is C10H14ClF2N3. The molecule has 0 amide bonds. The van der Waals surface area contributed by atoms with Gasteiger partial charge in [-0.1, -0.05) is 25.4 Å². The molecule has 0 aliphatic heterocycles. The molecule has 0 radical (unpaired) electrons. The minimum absolute atomic E-state index is 0.102. The maximum absolute atomic E-state index is 12.1. The summed E-state index contributed by atoms with van der Waals surface area (Å²) in [5, 5.41) is 2.86. The Labute approximate surface area is 98.2 Å². The number of hydrogen-bond acceptors (Lipinski definition) is 3. The minimum atomic E-state index is -2.42. The SMILES string of the molecule is Cc1c(Cl)nc(C(C)C)nc1NCC(F)F. The Morgan fingerprint density at radius 3 is 2.44 bits per heavy atom. The maximum atomic E-state index is 12.1. The van der Waals surface area contributed by atoms with Crippen LogP contribution in [0.3, 0.4) is 0 Å². The van der Waals surface area contributed by atoms with Crippen molar-refractivity contribution in [2.75, 3.05) is 11.9 Å². The summed E-state index contributed by atoms with van der Waals surface area (Å²) in [6.45, 7) is 5.09. The van der Waals surface area contributed by atoms with Crippen LogP contribution < -0.4 is 5.32 Å². The largest absolute Gasteiger partial charge is 0.364 e. The molecule has 1 aromatic heterocycles. The van der Waals surface area contributed by atoms with E-state index in [0.717, 1.165) is 0 Å². The molecular weight excluding hydrogens is 236 g/mol. The van der Waals surface area contributed by atoms with Crippen molar-refractivity contribution >= 4 is 17.4 Å². The molecule has 1 rings (SSSR count). The van der Waals surface area contributed by atoms with E-state index in [1.54, 1.807) is 6.92 Å². The van der Waals surface area contributed by atoms with E-state index in [-0.39, 0.29) is 5.92 Å². The van der Waals surface area contributed by atoms with E-state index >= 15 is 0 Å². The zero-order chi connectivity index (χ0) is 12.3. The number of hydrogen-bond donors (Lipinski definition) is 1. The average Bonchev–Trinajstić information content (AvgIpc) is 2.19. The summed E-state index contributed by atoms with van der Waals surface area (Å²) in [5.74, 6) is 1.03. The molecule has 0 bridgehead atoms. The van der Waals surface area contributed by atoms with Crippen LogP contribution in [0.25, 0.3) is 0 Å². The van der Waals surface area contributed by atoms with Crippen molar-refractivity contribution in [3.8, 4) is 0 Å². The van der Waals surface area contributed by atoms with Gasteiger partial charge in [-0.25, -0.2) is 18.7 Å². The normalized spacial score (nSPS) is 11.2. The quantitative estimate of drug-likeness (QED) is 0.833. The third-order valence-corrected chi connectivity index (χ3v) is 2.41. The summed E-state index contributed by atoms with van der Waals surface area (Å²) in [4.78, 5) is 8.25. The Balaban J connectivity index is 2.97. The summed E-state index contributed by atoms with van der Waals surface area (Å²) < 4.78 is 24.1. The first-order chi connectivity index (χ1) is 7.41. The fraction of sp³-hybridized carbons (Fsp3) is 0.600. The second-order valence-electron chi connectivity index (χ2n) is 3.77. The second kappa shape index (κ2) is 5.39. The van der Waals surface area contributed by atoms with E-state index in [1.807, 2.05) is 13.8 Å². The molecule has 6 heteroatoms. The van der Waals surface area contributed by atoms with Crippen LogP contribution in [0.15, 0.2) is 0 Å². The van der Waals surface area contributed by atoms with Crippen LogP contribution in [0.1, 0.15) is 31.2 Å². The van der Waals surface area contributed by atoms with Gasteiger partial charge in [-0.05, 0) is 6.92 Å². The number of halogens is 3. The van der Waals surface area contributed by atoms with Crippen molar-refractivity contribution in [2.24, 2.45) is 0 Å². The lowest BCUT2D eigenvalue weighted by Crippen LogP contribution is -2.14. The molecule has 0 saturated carbocycles. The van der Waals surface area contributed by atoms with E-state index in [9.17, 15) is 8.78 Å². The Bertz CT molecular complexity index is 369. The maximum Gasteiger partial charge on any atom is 0.255 e. The predicted molar refractivity (Wildman–Crippen MR) is 60.4 cm³/mol. The topological polar surface area (TPSA) is 37.8 Å². The second-order valence-corrected chi connectivity index (χ2v) is 4.13. The highest BCUT2D eigenvalue weighted by Crippen LogP contribution is 2.22. The molecule has 1 N–H and O–H groups in total. The van der Waals surface area contributed by atoms with Gasteiger partial charge in [-0.2, -0.15) is 0 Å². The number of alkyl halides is 2. The van der Waals surface area contributed by atoms with Gasteiger partial charge >= 0.3 is 0 Å². The van der Waals surface area contributed by atoms with Gasteiger partial charge in [0, 0.05) is 11.5 Å². The summed E-state index contributed by atoms with van der Waals surface area (Å²) in [7, 11) is 0. The molecule has 1 aromatic rings. The van der Waals surface area contributed by atoms with Crippen LogP contribution >= 0.6 is 11.6 Å². The van der Waals surface area contributed by atoms with Crippen molar-refractivity contribution in [2.45, 2.75) is 33.1 Å². The van der Waals surface area contributed by atoms with Crippen molar-refractivity contribution < 1.29 is 8.78 Å². The van der Waals surface area contributed by atoms with E-state index in [0.29, 0.717) is 22.4 Å². The highest BCUT2D eigenvalue weighted by Gasteiger charge is 2.12. The molecule has 0 atom stereocenters. The van der Waals surface area contributed by atoms with Crippen LogP contribution in [-0.2, 0) is 0 Å². The molecule has 0 aromatic carbocycles. The standard InChI is InChI=1S/C10H14ClF2N3/c1-5(2)9-15-8(11)6(3)10(16-9)14-4-7(12)13/h5,7H,4H2,1-3H3,(H,14,15,16). The van der Waals surface area contributed by atoms with Gasteiger partial charge in [0.25, 0.3) is 6.43 Å². The molecule has 0 saturated heterocycles. The number of nitrogens with zero attached hydrogens (tertiary/aromatic N) is 2. The zero-order valence-electron chi connectivity index (χ0n) is 9.39. The predicted octanol–water partition coefficient (Wildman–Crippen LogP) is 3.24. The first kappa shape index (κ1) is 13.1. The Kier molecular flexibility index (Phi) is 4.41. The average molecular weight is 250 g/mol. The summed E-state index contributed by atoms with van der Waals surface area (Å²) in [5.41, 5.74) is 0.590. The number of nitrogens with one attached hydrogen (secondary N) is 1. The zero-order valence-corrected chi connectivity index (χ0v) is 10.1. The molecule has 3 nitrogen and oxygen atoms in total. The van der Waals surface area contributed by atoms with Crippen LogP contribution in [0.4, 0.5) is 14.6 Å². The van der Waals surface area contributed by atoms with E-state index in [4.69, 9.17) is 11.6 Å². The number of rotatable bonds is 4. The smallest absolute Gasteiger partial charge is 0.255 e. The third kappa shape index (κ3) is 3.27. The number of aromatic nitrogens is 2. The van der Waals surface area contributed by atoms with Gasteiger partial charge in [0.2, 0.25) is 0 Å². The van der Waals surface area contributed by atoms with Crippen molar-refractivity contribution in [1.29, 1.82) is 0 Å². The molecule has 0 unspecified atom stereocenters. The summed E-state index contributed by atoms with van der Waals surface area (Å²) >= 11 is 5.90. The summed E-state index contributed by atoms with van der Waals surface area (Å²) in [6, 6.07) is 0. The molecule has 90 valence electrons. The highest BCUT2D eigenvalue weighted by molar-refractivity contribution is 6.30. The summed E-state index contributed by atoms with van der Waals surface area (Å²) in [6.07, 6.45) is -2.42.